The van der Waals surface area contributed by atoms with Gasteiger partial charge in [0.05, 0.1) is 0 Å². The van der Waals surface area contributed by atoms with Crippen molar-refractivity contribution in [3.05, 3.63) is 69.8 Å². The zero-order valence-corrected chi connectivity index (χ0v) is 18.0. The molecule has 0 spiro atoms. The van der Waals surface area contributed by atoms with Gasteiger partial charge in [-0.15, -0.1) is 0 Å². The number of anilines is 1. The van der Waals surface area contributed by atoms with Crippen LogP contribution in [0.2, 0.25) is 5.02 Å². The summed E-state index contributed by atoms with van der Waals surface area (Å²) in [5.41, 5.74) is 7.77. The Bertz CT molecular complexity index is 950. The number of aryl methyl sites for hydroxylation is 1. The molecule has 1 fully saturated rings. The van der Waals surface area contributed by atoms with E-state index in [2.05, 4.69) is 41.8 Å². The molecule has 4 heteroatoms. The van der Waals surface area contributed by atoms with Crippen LogP contribution in [-0.2, 0) is 6.42 Å². The minimum atomic E-state index is -0.144. The molecule has 2 aliphatic carbocycles. The third kappa shape index (κ3) is 4.35. The highest BCUT2D eigenvalue weighted by atomic mass is 35.5. The van der Waals surface area contributed by atoms with Gasteiger partial charge in [0.1, 0.15) is 0 Å². The lowest BCUT2D eigenvalue weighted by molar-refractivity contribution is 0.239. The van der Waals surface area contributed by atoms with E-state index in [4.69, 9.17) is 11.6 Å². The lowest BCUT2D eigenvalue weighted by Crippen LogP contribution is -2.41. The van der Waals surface area contributed by atoms with E-state index in [0.717, 1.165) is 43.4 Å². The number of urea groups is 1. The van der Waals surface area contributed by atoms with Gasteiger partial charge in [-0.25, -0.2) is 4.79 Å². The van der Waals surface area contributed by atoms with Crippen molar-refractivity contribution < 1.29 is 4.79 Å². The molecule has 3 nitrogen and oxygen atoms in total. The Hall–Kier alpha value is -2.26. The smallest absolute Gasteiger partial charge is 0.319 e. The molecule has 2 aromatic rings. The number of rotatable bonds is 4. The Kier molecular flexibility index (Phi) is 5.96. The van der Waals surface area contributed by atoms with Gasteiger partial charge in [-0.05, 0) is 79.3 Å². The summed E-state index contributed by atoms with van der Waals surface area (Å²) < 4.78 is 0. The van der Waals surface area contributed by atoms with Gasteiger partial charge < -0.3 is 10.6 Å². The zero-order chi connectivity index (χ0) is 20.4. The SMILES string of the molecule is CCC1=C(C2CCCC(NC(=O)Nc3ccc(C)c(Cl)c3)C2)Cc2ccccc21. The van der Waals surface area contributed by atoms with E-state index in [9.17, 15) is 4.79 Å². The molecule has 2 aromatic carbocycles. The molecule has 0 aromatic heterocycles. The molecule has 1 saturated carbocycles. The van der Waals surface area contributed by atoms with Gasteiger partial charge >= 0.3 is 6.03 Å². The highest BCUT2D eigenvalue weighted by Crippen LogP contribution is 2.42. The monoisotopic (exact) mass is 408 g/mol. The lowest BCUT2D eigenvalue weighted by atomic mass is 9.79. The number of hydrogen-bond donors (Lipinski definition) is 2. The summed E-state index contributed by atoms with van der Waals surface area (Å²) in [4.78, 5) is 12.5. The first kappa shape index (κ1) is 20.0. The Morgan fingerprint density at radius 1 is 1.17 bits per heavy atom. The number of benzene rings is 2. The second-order valence-corrected chi connectivity index (χ2v) is 8.72. The van der Waals surface area contributed by atoms with E-state index in [-0.39, 0.29) is 12.1 Å². The summed E-state index contributed by atoms with van der Waals surface area (Å²) >= 11 is 6.17. The van der Waals surface area contributed by atoms with Crippen molar-refractivity contribution in [2.45, 2.75) is 58.4 Å². The topological polar surface area (TPSA) is 41.1 Å². The predicted octanol–water partition coefficient (Wildman–Crippen LogP) is 6.75. The maximum absolute atomic E-state index is 12.5. The molecule has 0 heterocycles. The van der Waals surface area contributed by atoms with Gasteiger partial charge in [-0.1, -0.05) is 60.9 Å². The van der Waals surface area contributed by atoms with Crippen molar-refractivity contribution in [1.82, 2.24) is 5.32 Å². The van der Waals surface area contributed by atoms with Gasteiger partial charge in [0.2, 0.25) is 0 Å². The van der Waals surface area contributed by atoms with Gasteiger partial charge in [0.25, 0.3) is 0 Å². The third-order valence-electron chi connectivity index (χ3n) is 6.40. The van der Waals surface area contributed by atoms with Crippen LogP contribution in [0.5, 0.6) is 0 Å². The van der Waals surface area contributed by atoms with Gasteiger partial charge in [-0.2, -0.15) is 0 Å². The second kappa shape index (κ2) is 8.62. The molecular weight excluding hydrogens is 380 g/mol. The first-order chi connectivity index (χ1) is 14.0. The zero-order valence-electron chi connectivity index (χ0n) is 17.2. The van der Waals surface area contributed by atoms with Crippen LogP contribution in [0.4, 0.5) is 10.5 Å². The molecule has 0 aliphatic heterocycles. The number of carbonyl (C=O) groups excluding carboxylic acids is 1. The third-order valence-corrected chi connectivity index (χ3v) is 6.80. The molecule has 0 saturated heterocycles. The first-order valence-corrected chi connectivity index (χ1v) is 11.1. The fourth-order valence-corrected chi connectivity index (χ4v) is 5.10. The van der Waals surface area contributed by atoms with E-state index >= 15 is 0 Å². The van der Waals surface area contributed by atoms with Gasteiger partial charge in [0, 0.05) is 16.8 Å². The van der Waals surface area contributed by atoms with Crippen molar-refractivity contribution in [1.29, 1.82) is 0 Å². The van der Waals surface area contributed by atoms with E-state index in [0.29, 0.717) is 10.9 Å². The van der Waals surface area contributed by atoms with Crippen molar-refractivity contribution >= 4 is 28.9 Å². The van der Waals surface area contributed by atoms with E-state index in [1.54, 1.807) is 11.6 Å². The number of halogens is 1. The van der Waals surface area contributed by atoms with E-state index < -0.39 is 0 Å². The largest absolute Gasteiger partial charge is 0.335 e. The summed E-state index contributed by atoms with van der Waals surface area (Å²) in [5.74, 6) is 0.560. The fourth-order valence-electron chi connectivity index (χ4n) is 4.92. The van der Waals surface area contributed by atoms with Crippen LogP contribution >= 0.6 is 11.6 Å². The molecule has 2 atom stereocenters. The Balaban J connectivity index is 1.41. The van der Waals surface area contributed by atoms with Crippen molar-refractivity contribution in [2.75, 3.05) is 5.32 Å². The highest BCUT2D eigenvalue weighted by molar-refractivity contribution is 6.31. The average molecular weight is 409 g/mol. The predicted molar refractivity (Wildman–Crippen MR) is 121 cm³/mol. The maximum atomic E-state index is 12.5. The molecule has 2 N–H and O–H groups in total. The first-order valence-electron chi connectivity index (χ1n) is 10.7. The minimum Gasteiger partial charge on any atom is -0.335 e. The molecule has 2 amide bonds. The van der Waals surface area contributed by atoms with Crippen molar-refractivity contribution in [3.8, 4) is 0 Å². The van der Waals surface area contributed by atoms with Crippen molar-refractivity contribution in [3.63, 3.8) is 0 Å². The number of fused-ring (bicyclic) bond motifs is 1. The van der Waals surface area contributed by atoms with Crippen LogP contribution in [-0.4, -0.2) is 12.1 Å². The molecule has 4 rings (SSSR count). The number of allylic oxidation sites excluding steroid dienone is 2. The number of hydrogen-bond acceptors (Lipinski definition) is 1. The van der Waals surface area contributed by atoms with Crippen LogP contribution in [0.1, 0.15) is 55.7 Å². The van der Waals surface area contributed by atoms with Gasteiger partial charge in [-0.3, -0.25) is 0 Å². The molecule has 0 bridgehead atoms. The van der Waals surface area contributed by atoms with Gasteiger partial charge in [0.15, 0.2) is 0 Å². The van der Waals surface area contributed by atoms with E-state index in [1.165, 1.54) is 23.1 Å². The molecule has 2 unspecified atom stereocenters. The maximum Gasteiger partial charge on any atom is 0.319 e. The molecule has 152 valence electrons. The lowest BCUT2D eigenvalue weighted by Gasteiger charge is -2.31. The fraction of sp³-hybridized carbons (Fsp3) is 0.400. The van der Waals surface area contributed by atoms with Crippen LogP contribution in [0.25, 0.3) is 5.57 Å². The van der Waals surface area contributed by atoms with Crippen molar-refractivity contribution in [2.24, 2.45) is 5.92 Å². The minimum absolute atomic E-state index is 0.144. The number of nitrogens with one attached hydrogen (secondary N) is 2. The second-order valence-electron chi connectivity index (χ2n) is 8.31. The van der Waals surface area contributed by atoms with Crippen LogP contribution < -0.4 is 10.6 Å². The van der Waals surface area contributed by atoms with Crippen LogP contribution in [0, 0.1) is 12.8 Å². The average Bonchev–Trinajstić information content (AvgIpc) is 3.09. The Morgan fingerprint density at radius 2 is 2.00 bits per heavy atom. The summed E-state index contributed by atoms with van der Waals surface area (Å²) in [6.07, 6.45) is 6.60. The van der Waals surface area contributed by atoms with Crippen LogP contribution in [0.15, 0.2) is 48.0 Å². The molecule has 0 radical (unpaired) electrons. The number of carbonyl (C=O) groups is 1. The number of amides is 2. The summed E-state index contributed by atoms with van der Waals surface area (Å²) in [7, 11) is 0. The normalized spacial score (nSPS) is 21.1. The summed E-state index contributed by atoms with van der Waals surface area (Å²) in [6.45, 7) is 4.21. The van der Waals surface area contributed by atoms with E-state index in [1.807, 2.05) is 19.1 Å². The highest BCUT2D eigenvalue weighted by Gasteiger charge is 2.30. The quantitative estimate of drug-likeness (QED) is 0.577. The Labute approximate surface area is 178 Å². The summed E-state index contributed by atoms with van der Waals surface area (Å²) in [6, 6.07) is 14.5. The molecule has 2 aliphatic rings. The Morgan fingerprint density at radius 3 is 2.79 bits per heavy atom. The molecular formula is C25H29ClN2O. The molecule has 29 heavy (non-hydrogen) atoms. The standard InChI is InChI=1S/C25H29ClN2O/c1-3-21-22-10-5-4-7-18(22)14-23(21)17-8-6-9-19(13-17)27-25(29)28-20-12-11-16(2)24(26)15-20/h4-5,7,10-12,15,17,19H,3,6,8-9,13-14H2,1-2H3,(H2,27,28,29). The van der Waals surface area contributed by atoms with Crippen LogP contribution in [0.3, 0.4) is 0 Å². The summed E-state index contributed by atoms with van der Waals surface area (Å²) in [5, 5.41) is 6.79.